The van der Waals surface area contributed by atoms with E-state index in [1.807, 2.05) is 13.1 Å². The van der Waals surface area contributed by atoms with Crippen LogP contribution in [0.4, 0.5) is 5.95 Å². The molecule has 0 saturated carbocycles. The number of ether oxygens (including phenoxy) is 1. The highest BCUT2D eigenvalue weighted by Crippen LogP contribution is 2.31. The molecule has 2 atom stereocenters. The number of hydrogen-bond acceptors (Lipinski definition) is 5. The largest absolute Gasteiger partial charge is 0.377 e. The standard InChI is InChI=1S/C10H15N3OS/c1-7-8(4-6-14-7)15-9-3-5-12-10(11-2)13-9/h3,5,7-8H,4,6H2,1-2H3,(H,11,12,13). The first-order valence-electron chi connectivity index (χ1n) is 5.08. The summed E-state index contributed by atoms with van der Waals surface area (Å²) in [6.07, 6.45) is 3.20. The lowest BCUT2D eigenvalue weighted by Crippen LogP contribution is -2.13. The van der Waals surface area contributed by atoms with E-state index in [1.165, 1.54) is 0 Å². The van der Waals surface area contributed by atoms with Crippen LogP contribution in [0.2, 0.25) is 0 Å². The first-order chi connectivity index (χ1) is 7.29. The van der Waals surface area contributed by atoms with Crippen molar-refractivity contribution in [2.24, 2.45) is 0 Å². The number of rotatable bonds is 3. The van der Waals surface area contributed by atoms with Gasteiger partial charge in [0.05, 0.1) is 6.10 Å². The summed E-state index contributed by atoms with van der Waals surface area (Å²) in [5, 5.41) is 4.47. The lowest BCUT2D eigenvalue weighted by molar-refractivity contribution is 0.127. The van der Waals surface area contributed by atoms with Gasteiger partial charge < -0.3 is 10.1 Å². The lowest BCUT2D eigenvalue weighted by Gasteiger charge is -2.12. The third-order valence-corrected chi connectivity index (χ3v) is 3.82. The van der Waals surface area contributed by atoms with Gasteiger partial charge in [-0.1, -0.05) is 0 Å². The fraction of sp³-hybridized carbons (Fsp3) is 0.600. The van der Waals surface area contributed by atoms with E-state index in [-0.39, 0.29) is 0 Å². The first kappa shape index (κ1) is 10.7. The Morgan fingerprint density at radius 1 is 1.60 bits per heavy atom. The lowest BCUT2D eigenvalue weighted by atomic mass is 10.3. The minimum Gasteiger partial charge on any atom is -0.377 e. The molecule has 1 aliphatic rings. The molecule has 0 aliphatic carbocycles. The van der Waals surface area contributed by atoms with Crippen molar-refractivity contribution in [1.29, 1.82) is 0 Å². The van der Waals surface area contributed by atoms with Crippen LogP contribution in [0.5, 0.6) is 0 Å². The molecule has 1 aromatic heterocycles. The van der Waals surface area contributed by atoms with Gasteiger partial charge in [-0.05, 0) is 19.4 Å². The molecule has 0 radical (unpaired) electrons. The predicted molar refractivity (Wildman–Crippen MR) is 61.3 cm³/mol. The quantitative estimate of drug-likeness (QED) is 0.795. The van der Waals surface area contributed by atoms with Crippen LogP contribution in [-0.4, -0.2) is 35.0 Å². The van der Waals surface area contributed by atoms with E-state index in [2.05, 4.69) is 22.2 Å². The van der Waals surface area contributed by atoms with Gasteiger partial charge in [0, 0.05) is 25.1 Å². The number of anilines is 1. The normalized spacial score (nSPS) is 25.5. The van der Waals surface area contributed by atoms with Crippen molar-refractivity contribution < 1.29 is 4.74 Å². The number of aromatic nitrogens is 2. The molecule has 1 aromatic rings. The third-order valence-electron chi connectivity index (χ3n) is 2.43. The number of nitrogens with one attached hydrogen (secondary N) is 1. The second kappa shape index (κ2) is 4.81. The minimum atomic E-state index is 0.322. The molecule has 2 unspecified atom stereocenters. The van der Waals surface area contributed by atoms with Crippen LogP contribution in [0.15, 0.2) is 17.3 Å². The summed E-state index contributed by atoms with van der Waals surface area (Å²) in [5.74, 6) is 0.673. The van der Waals surface area contributed by atoms with E-state index in [9.17, 15) is 0 Å². The van der Waals surface area contributed by atoms with Crippen LogP contribution in [-0.2, 0) is 4.74 Å². The van der Waals surface area contributed by atoms with Crippen LogP contribution < -0.4 is 5.32 Å². The molecule has 0 aromatic carbocycles. The molecule has 1 aliphatic heterocycles. The molecule has 0 amide bonds. The molecule has 0 spiro atoms. The maximum Gasteiger partial charge on any atom is 0.223 e. The molecule has 5 heteroatoms. The van der Waals surface area contributed by atoms with E-state index in [4.69, 9.17) is 4.74 Å². The van der Waals surface area contributed by atoms with Crippen molar-refractivity contribution in [3.63, 3.8) is 0 Å². The molecule has 0 bridgehead atoms. The molecular weight excluding hydrogens is 210 g/mol. The van der Waals surface area contributed by atoms with Crippen molar-refractivity contribution in [2.75, 3.05) is 19.0 Å². The summed E-state index contributed by atoms with van der Waals surface area (Å²) >= 11 is 1.77. The zero-order valence-electron chi connectivity index (χ0n) is 8.93. The van der Waals surface area contributed by atoms with Gasteiger partial charge in [-0.15, -0.1) is 11.8 Å². The van der Waals surface area contributed by atoms with Gasteiger partial charge in [-0.25, -0.2) is 9.97 Å². The zero-order chi connectivity index (χ0) is 10.7. The average molecular weight is 225 g/mol. The van der Waals surface area contributed by atoms with Crippen molar-refractivity contribution in [2.45, 2.75) is 29.7 Å². The second-order valence-corrected chi connectivity index (χ2v) is 4.75. The molecule has 1 N–H and O–H groups in total. The molecular formula is C10H15N3OS. The van der Waals surface area contributed by atoms with Crippen LogP contribution in [0.25, 0.3) is 0 Å². The second-order valence-electron chi connectivity index (χ2n) is 3.49. The highest BCUT2D eigenvalue weighted by Gasteiger charge is 2.25. The first-order valence-corrected chi connectivity index (χ1v) is 5.96. The van der Waals surface area contributed by atoms with Gasteiger partial charge in [0.2, 0.25) is 5.95 Å². The van der Waals surface area contributed by atoms with E-state index in [0.717, 1.165) is 18.1 Å². The van der Waals surface area contributed by atoms with Crippen LogP contribution in [0, 0.1) is 0 Å². The van der Waals surface area contributed by atoms with Crippen molar-refractivity contribution >= 4 is 17.7 Å². The highest BCUT2D eigenvalue weighted by atomic mass is 32.2. The van der Waals surface area contributed by atoms with Crippen molar-refractivity contribution in [3.8, 4) is 0 Å². The summed E-state index contributed by atoms with van der Waals surface area (Å²) in [5.41, 5.74) is 0. The molecule has 15 heavy (non-hydrogen) atoms. The Morgan fingerprint density at radius 3 is 3.13 bits per heavy atom. The molecule has 2 heterocycles. The fourth-order valence-electron chi connectivity index (χ4n) is 1.55. The Labute approximate surface area is 93.8 Å². The smallest absolute Gasteiger partial charge is 0.223 e. The number of nitrogens with zero attached hydrogens (tertiary/aromatic N) is 2. The Morgan fingerprint density at radius 2 is 2.47 bits per heavy atom. The maximum atomic E-state index is 5.51. The van der Waals surface area contributed by atoms with Crippen molar-refractivity contribution in [1.82, 2.24) is 9.97 Å². The van der Waals surface area contributed by atoms with Crippen LogP contribution in [0.1, 0.15) is 13.3 Å². The monoisotopic (exact) mass is 225 g/mol. The van der Waals surface area contributed by atoms with Gasteiger partial charge in [-0.2, -0.15) is 0 Å². The van der Waals surface area contributed by atoms with Gasteiger partial charge in [-0.3, -0.25) is 0 Å². The van der Waals surface area contributed by atoms with Gasteiger partial charge >= 0.3 is 0 Å². The minimum absolute atomic E-state index is 0.322. The van der Waals surface area contributed by atoms with E-state index in [1.54, 1.807) is 18.0 Å². The van der Waals surface area contributed by atoms with Gasteiger partial charge in [0.1, 0.15) is 5.03 Å². The fourth-order valence-corrected chi connectivity index (χ4v) is 2.62. The summed E-state index contributed by atoms with van der Waals surface area (Å²) in [4.78, 5) is 8.46. The highest BCUT2D eigenvalue weighted by molar-refractivity contribution is 7.99. The Balaban J connectivity index is 2.03. The topological polar surface area (TPSA) is 47.0 Å². The van der Waals surface area contributed by atoms with Gasteiger partial charge in [0.15, 0.2) is 0 Å². The summed E-state index contributed by atoms with van der Waals surface area (Å²) in [6, 6.07) is 1.94. The number of hydrogen-bond donors (Lipinski definition) is 1. The number of thioether (sulfide) groups is 1. The Hall–Kier alpha value is -0.810. The third kappa shape index (κ3) is 2.60. The molecule has 1 fully saturated rings. The average Bonchev–Trinajstić information content (AvgIpc) is 2.65. The predicted octanol–water partition coefficient (Wildman–Crippen LogP) is 1.79. The van der Waals surface area contributed by atoms with Crippen LogP contribution in [0.3, 0.4) is 0 Å². The summed E-state index contributed by atoms with van der Waals surface area (Å²) in [7, 11) is 1.82. The maximum absolute atomic E-state index is 5.51. The Kier molecular flexibility index (Phi) is 3.43. The van der Waals surface area contributed by atoms with E-state index < -0.39 is 0 Å². The van der Waals surface area contributed by atoms with Gasteiger partial charge in [0.25, 0.3) is 0 Å². The van der Waals surface area contributed by atoms with Crippen LogP contribution >= 0.6 is 11.8 Å². The molecule has 4 nitrogen and oxygen atoms in total. The van der Waals surface area contributed by atoms with E-state index in [0.29, 0.717) is 17.3 Å². The SMILES string of the molecule is CNc1nccc(SC2CCOC2C)n1. The zero-order valence-corrected chi connectivity index (χ0v) is 9.75. The van der Waals surface area contributed by atoms with E-state index >= 15 is 0 Å². The van der Waals surface area contributed by atoms with Crippen molar-refractivity contribution in [3.05, 3.63) is 12.3 Å². The summed E-state index contributed by atoms with van der Waals surface area (Å²) < 4.78 is 5.51. The molecule has 82 valence electrons. The summed E-state index contributed by atoms with van der Waals surface area (Å²) in [6.45, 7) is 2.98. The Bertz CT molecular complexity index is 334. The molecule has 2 rings (SSSR count). The molecule has 1 saturated heterocycles.